The lowest BCUT2D eigenvalue weighted by Gasteiger charge is -1.89. The Morgan fingerprint density at radius 3 is 2.50 bits per heavy atom. The van der Waals surface area contributed by atoms with Gasteiger partial charge in [-0.1, -0.05) is 0 Å². The quantitative estimate of drug-likeness (QED) is 0.480. The SMILES string of the molecule is CCO[Si](=N)O. The van der Waals surface area contributed by atoms with E-state index in [2.05, 4.69) is 4.43 Å². The Morgan fingerprint density at radius 1 is 2.00 bits per heavy atom. The number of rotatable bonds is 2. The normalized spacial score (nSPS) is 7.50. The molecule has 0 aliphatic rings. The summed E-state index contributed by atoms with van der Waals surface area (Å²) in [6.07, 6.45) is 0. The van der Waals surface area contributed by atoms with E-state index in [1.807, 2.05) is 0 Å². The van der Waals surface area contributed by atoms with Crippen LogP contribution < -0.4 is 0 Å². The fourth-order valence-electron chi connectivity index (χ4n) is 0.137. The highest BCUT2D eigenvalue weighted by Gasteiger charge is 1.88. The lowest BCUT2D eigenvalue weighted by molar-refractivity contribution is 0.285. The first-order valence-corrected chi connectivity index (χ1v) is 3.03. The topological polar surface area (TPSA) is 53.3 Å². The zero-order chi connectivity index (χ0) is 4.99. The summed E-state index contributed by atoms with van der Waals surface area (Å²) in [6, 6.07) is 0. The molecule has 0 fully saturated rings. The minimum Gasteiger partial charge on any atom is -0.526 e. The molecule has 0 heterocycles. The maximum Gasteiger partial charge on any atom is 0.607 e. The van der Waals surface area contributed by atoms with Crippen LogP contribution in [0.2, 0.25) is 0 Å². The first-order valence-electron chi connectivity index (χ1n) is 1.67. The number of hydrogen-bond donors (Lipinski definition) is 2. The Kier molecular flexibility index (Phi) is 2.65. The molecule has 0 aliphatic heterocycles. The Morgan fingerprint density at radius 2 is 2.50 bits per heavy atom. The van der Waals surface area contributed by atoms with Gasteiger partial charge in [-0.05, 0) is 6.92 Å². The Hall–Kier alpha value is -0.383. The molecule has 0 atom stereocenters. The van der Waals surface area contributed by atoms with Gasteiger partial charge < -0.3 is 9.22 Å². The van der Waals surface area contributed by atoms with Crippen molar-refractivity contribution in [1.82, 2.24) is 0 Å². The van der Waals surface area contributed by atoms with Gasteiger partial charge in [0, 0.05) is 0 Å². The van der Waals surface area contributed by atoms with Crippen LogP contribution in [0, 0.1) is 5.05 Å². The standard InChI is InChI=1S/C2H7NO2Si/c1-2-5-6(3)4/h3-4H,2H2,1H3. The second kappa shape index (κ2) is 2.83. The van der Waals surface area contributed by atoms with Crippen LogP contribution in [-0.4, -0.2) is 20.5 Å². The molecule has 0 aromatic carbocycles. The average Bonchev–Trinajstić information content (AvgIpc) is 1.35. The van der Waals surface area contributed by atoms with Gasteiger partial charge in [0.15, 0.2) is 0 Å². The highest BCUT2D eigenvalue weighted by atomic mass is 28.3. The third-order valence-corrected chi connectivity index (χ3v) is 0.843. The van der Waals surface area contributed by atoms with Crippen molar-refractivity contribution in [3.63, 3.8) is 0 Å². The summed E-state index contributed by atoms with van der Waals surface area (Å²) in [5.74, 6) is 0. The van der Waals surface area contributed by atoms with Crippen molar-refractivity contribution in [2.45, 2.75) is 6.92 Å². The fourth-order valence-corrected chi connectivity index (χ4v) is 0.410. The van der Waals surface area contributed by atoms with E-state index in [-0.39, 0.29) is 0 Å². The van der Waals surface area contributed by atoms with Gasteiger partial charge in [0.1, 0.15) is 0 Å². The average molecular weight is 105 g/mol. The van der Waals surface area contributed by atoms with Crippen LogP contribution in [0.15, 0.2) is 0 Å². The van der Waals surface area contributed by atoms with Crippen LogP contribution in [0.1, 0.15) is 6.92 Å². The predicted molar refractivity (Wildman–Crippen MR) is 22.3 cm³/mol. The summed E-state index contributed by atoms with van der Waals surface area (Å²) in [6.45, 7) is 2.18. The molecule has 0 bridgehead atoms. The highest BCUT2D eigenvalue weighted by molar-refractivity contribution is 6.26. The zero-order valence-corrected chi connectivity index (χ0v) is 4.56. The Bertz CT molecular complexity index is 55.5. The van der Waals surface area contributed by atoms with Gasteiger partial charge >= 0.3 is 9.08 Å². The maximum atomic E-state index is 8.10. The predicted octanol–water partition coefficient (Wildman–Crippen LogP) is -0.153. The van der Waals surface area contributed by atoms with E-state index in [9.17, 15) is 0 Å². The second-order valence-electron chi connectivity index (χ2n) is 0.738. The molecule has 0 rings (SSSR count). The smallest absolute Gasteiger partial charge is 0.526 e. The summed E-state index contributed by atoms with van der Waals surface area (Å²) >= 11 is 0. The summed E-state index contributed by atoms with van der Waals surface area (Å²) in [5.41, 5.74) is 0. The minimum atomic E-state index is -2.14. The van der Waals surface area contributed by atoms with Crippen molar-refractivity contribution in [3.05, 3.63) is 0 Å². The van der Waals surface area contributed by atoms with E-state index in [4.69, 9.17) is 9.85 Å². The van der Waals surface area contributed by atoms with Crippen molar-refractivity contribution in [1.29, 1.82) is 5.05 Å². The van der Waals surface area contributed by atoms with Crippen molar-refractivity contribution in [2.24, 2.45) is 0 Å². The van der Waals surface area contributed by atoms with Crippen molar-refractivity contribution < 1.29 is 9.22 Å². The fraction of sp³-hybridized carbons (Fsp3) is 1.00. The van der Waals surface area contributed by atoms with Gasteiger partial charge in [-0.2, -0.15) is 0 Å². The Labute approximate surface area is 37.9 Å². The van der Waals surface area contributed by atoms with E-state index in [1.165, 1.54) is 0 Å². The summed E-state index contributed by atoms with van der Waals surface area (Å²) in [4.78, 5) is 8.10. The molecule has 36 valence electrons. The lowest BCUT2D eigenvalue weighted by Crippen LogP contribution is -2.02. The zero-order valence-electron chi connectivity index (χ0n) is 3.56. The van der Waals surface area contributed by atoms with E-state index in [1.54, 1.807) is 6.92 Å². The van der Waals surface area contributed by atoms with Crippen LogP contribution in [0.5, 0.6) is 0 Å². The summed E-state index contributed by atoms with van der Waals surface area (Å²) in [7, 11) is -2.14. The van der Waals surface area contributed by atoms with Crippen LogP contribution in [0.3, 0.4) is 0 Å². The number of nitrogens with one attached hydrogen (secondary N) is 1. The minimum absolute atomic E-state index is 0.439. The number of hydrogen-bond acceptors (Lipinski definition) is 2. The molecule has 0 saturated heterocycles. The van der Waals surface area contributed by atoms with Crippen LogP contribution in [-0.2, 0) is 4.43 Å². The van der Waals surface area contributed by atoms with Crippen molar-refractivity contribution >= 4 is 9.08 Å². The molecule has 0 radical (unpaired) electrons. The third-order valence-electron chi connectivity index (χ3n) is 0.281. The van der Waals surface area contributed by atoms with Gasteiger partial charge in [0.05, 0.1) is 6.61 Å². The first-order chi connectivity index (χ1) is 2.77. The summed E-state index contributed by atoms with van der Waals surface area (Å²) in [5, 5.41) is 6.41. The molecular formula is C2H7NO2Si. The molecule has 3 nitrogen and oxygen atoms in total. The maximum absolute atomic E-state index is 8.10. The second-order valence-corrected chi connectivity index (χ2v) is 1.64. The third kappa shape index (κ3) is 3.62. The van der Waals surface area contributed by atoms with E-state index in [0.717, 1.165) is 0 Å². The molecule has 0 aromatic heterocycles. The molecule has 0 unspecified atom stereocenters. The molecule has 0 spiro atoms. The van der Waals surface area contributed by atoms with Gasteiger partial charge in [-0.3, -0.25) is 5.05 Å². The first kappa shape index (κ1) is 5.62. The highest BCUT2D eigenvalue weighted by Crippen LogP contribution is 1.64. The van der Waals surface area contributed by atoms with Crippen molar-refractivity contribution in [2.75, 3.05) is 6.61 Å². The molecule has 0 aromatic rings. The molecule has 2 N–H and O–H groups in total. The van der Waals surface area contributed by atoms with E-state index >= 15 is 0 Å². The van der Waals surface area contributed by atoms with Crippen LogP contribution in [0.4, 0.5) is 0 Å². The molecule has 0 amide bonds. The summed E-state index contributed by atoms with van der Waals surface area (Å²) < 4.78 is 4.37. The van der Waals surface area contributed by atoms with Gasteiger partial charge in [0.2, 0.25) is 0 Å². The van der Waals surface area contributed by atoms with Crippen LogP contribution >= 0.6 is 0 Å². The van der Waals surface area contributed by atoms with E-state index < -0.39 is 9.08 Å². The largest absolute Gasteiger partial charge is 0.607 e. The van der Waals surface area contributed by atoms with Gasteiger partial charge in [-0.15, -0.1) is 0 Å². The van der Waals surface area contributed by atoms with E-state index in [0.29, 0.717) is 6.61 Å². The lowest BCUT2D eigenvalue weighted by atomic mass is 10.9. The molecule has 0 saturated carbocycles. The molecule has 6 heavy (non-hydrogen) atoms. The van der Waals surface area contributed by atoms with Gasteiger partial charge in [0.25, 0.3) is 0 Å². The Balaban J connectivity index is 2.83. The van der Waals surface area contributed by atoms with Gasteiger partial charge in [-0.25, -0.2) is 0 Å². The van der Waals surface area contributed by atoms with Crippen molar-refractivity contribution in [3.8, 4) is 0 Å². The molecular weight excluding hydrogens is 98.1 g/mol. The monoisotopic (exact) mass is 105 g/mol. The molecule has 0 aliphatic carbocycles. The molecule has 4 heteroatoms. The van der Waals surface area contributed by atoms with Crippen LogP contribution in [0.25, 0.3) is 0 Å².